The summed E-state index contributed by atoms with van der Waals surface area (Å²) in [4.78, 5) is 13.9. The van der Waals surface area contributed by atoms with Gasteiger partial charge in [0.25, 0.3) is 0 Å². The molecule has 0 unspecified atom stereocenters. The van der Waals surface area contributed by atoms with Crippen LogP contribution in [-0.4, -0.2) is 48.2 Å². The van der Waals surface area contributed by atoms with Crippen molar-refractivity contribution < 1.29 is 16.2 Å². The molecule has 0 aliphatic carbocycles. The van der Waals surface area contributed by atoms with Crippen LogP contribution in [-0.2, 0) is 17.9 Å². The zero-order valence-corrected chi connectivity index (χ0v) is 89.6. The molecule has 0 saturated heterocycles. The summed E-state index contributed by atoms with van der Waals surface area (Å²) >= 11 is -6.34. The van der Waals surface area contributed by atoms with Crippen molar-refractivity contribution in [1.82, 2.24) is 0 Å². The molecule has 706 valence electrons. The van der Waals surface area contributed by atoms with Gasteiger partial charge in [-0.3, -0.25) is 0 Å². The van der Waals surface area contributed by atoms with Crippen molar-refractivity contribution in [2.75, 3.05) is 29.4 Å². The predicted molar refractivity (Wildman–Crippen MR) is 603 cm³/mol. The van der Waals surface area contributed by atoms with Crippen molar-refractivity contribution in [3.05, 3.63) is 475 Å². The van der Waals surface area contributed by atoms with E-state index in [9.17, 15) is 11.5 Å². The Bertz CT molecular complexity index is 7460. The van der Waals surface area contributed by atoms with Crippen LogP contribution in [0.3, 0.4) is 0 Å². The quantitative estimate of drug-likeness (QED) is 0.150. The van der Waals surface area contributed by atoms with Crippen molar-refractivity contribution >= 4 is 188 Å². The molecule has 0 spiro atoms. The molecule has 0 N–H and O–H groups in total. The average molecular weight is 2050 g/mol. The topological polar surface area (TPSA) is 79.9 Å². The molecule has 6 heterocycles. The fourth-order valence-electron chi connectivity index (χ4n) is 20.2. The van der Waals surface area contributed by atoms with Gasteiger partial charge in [0.15, 0.2) is 11.5 Å². The molecule has 0 bridgehead atoms. The summed E-state index contributed by atoms with van der Waals surface area (Å²) in [5.41, 5.74) is 48.4. The van der Waals surface area contributed by atoms with Crippen molar-refractivity contribution in [1.29, 1.82) is 0 Å². The third kappa shape index (κ3) is 19.1. The predicted octanol–water partition coefficient (Wildman–Crippen LogP) is 28.6. The Balaban J connectivity index is 0.000000108. The zero-order chi connectivity index (χ0) is 99.4. The molecule has 0 fully saturated rings. The van der Waals surface area contributed by atoms with Crippen LogP contribution in [0.2, 0.25) is 6.82 Å². The van der Waals surface area contributed by atoms with Crippen molar-refractivity contribution in [2.45, 2.75) is 138 Å². The molecule has 24 rings (SSSR count). The second kappa shape index (κ2) is 40.3. The number of fused-ring (bicyclic) bond motifs is 12. The van der Waals surface area contributed by atoms with Gasteiger partial charge in [-0.1, -0.05) is 155 Å². The molecule has 142 heavy (non-hydrogen) atoms. The molecular formula is C128H119BN6O4Se3. The second-order valence-electron chi connectivity index (χ2n) is 38.8. The third-order valence-corrected chi connectivity index (χ3v) is 36.7. The van der Waals surface area contributed by atoms with Crippen molar-refractivity contribution in [3.8, 4) is 11.5 Å². The van der Waals surface area contributed by atoms with Crippen LogP contribution in [0.25, 0.3) is 0 Å². The fraction of sp³-hybridized carbons (Fsp3) is 0.156. The first-order chi connectivity index (χ1) is 68.4. The van der Waals surface area contributed by atoms with E-state index in [1.54, 1.807) is 12.1 Å². The van der Waals surface area contributed by atoms with Gasteiger partial charge in [0.1, 0.15) is 0 Å². The molecule has 14 heteroatoms. The van der Waals surface area contributed by atoms with Gasteiger partial charge in [0, 0.05) is 46.2 Å². The van der Waals surface area contributed by atoms with Gasteiger partial charge in [-0.2, -0.15) is 0 Å². The Hall–Kier alpha value is -14.4. The van der Waals surface area contributed by atoms with Gasteiger partial charge in [-0.15, -0.1) is 0 Å². The van der Waals surface area contributed by atoms with Gasteiger partial charge in [-0.25, -0.2) is 0 Å². The first-order valence-corrected chi connectivity index (χ1v) is 56.1. The number of hydrogen-bond acceptors (Lipinski definition) is 10. The Morgan fingerprint density at radius 2 is 0.472 bits per heavy atom. The number of rotatable bonds is 6. The van der Waals surface area contributed by atoms with Crippen LogP contribution >= 0.6 is 0 Å². The summed E-state index contributed by atoms with van der Waals surface area (Å²) in [6.45, 7) is 40.8. The van der Waals surface area contributed by atoms with Crippen LogP contribution in [0.1, 0.15) is 111 Å². The molecule has 6 aliphatic heterocycles. The van der Waals surface area contributed by atoms with Gasteiger partial charge in [-0.05, 0) is 168 Å². The Morgan fingerprint density at radius 3 is 0.810 bits per heavy atom. The van der Waals surface area contributed by atoms with E-state index in [2.05, 4.69) is 443 Å². The SMILES string of the molecule is CB1c2cc(C)ccc2N(c2ccccc2C)c2ccc(C)cc21.Cc1ccc2c(c1)Cc1cc(C)ccc1N2c1ccccc1C.Cc1ccc2c(c1)Oc1cc(C)ccc1N2c1ccccc1C.Cc1ccc2c(c1)[Se](=O)(=O)c1cc(C)ccc1N2c1ccccc1C.Cc1ccc2c(c1)[Se](=O)c1cc(C)ccc1N2c1ccccc1C.Cc1ccc2c(c1)[Se]c1cc(C)ccc1N2c1ccccc1C. The Labute approximate surface area is 851 Å². The average Bonchev–Trinajstić information content (AvgIpc) is 0.712. The number of anilines is 18. The van der Waals surface area contributed by atoms with Crippen molar-refractivity contribution in [3.63, 3.8) is 0 Å². The summed E-state index contributed by atoms with van der Waals surface area (Å²) < 4.78 is 51.9. The van der Waals surface area contributed by atoms with Crippen molar-refractivity contribution in [2.24, 2.45) is 0 Å². The fourth-order valence-corrected chi connectivity index (χ4v) is 29.7. The number of ether oxygens (including phenoxy) is 1. The maximum absolute atomic E-state index is 13.3. The van der Waals surface area contributed by atoms with E-state index in [0.29, 0.717) is 30.6 Å². The van der Waals surface area contributed by atoms with Crippen LogP contribution in [0.4, 0.5) is 102 Å². The molecule has 18 aromatic carbocycles. The van der Waals surface area contributed by atoms with Crippen LogP contribution in [0.5, 0.6) is 11.5 Å². The summed E-state index contributed by atoms with van der Waals surface area (Å²) in [5.74, 6) is 1.82. The van der Waals surface area contributed by atoms with E-state index in [1.165, 1.54) is 160 Å². The van der Waals surface area contributed by atoms with E-state index < -0.39 is 26.5 Å². The summed E-state index contributed by atoms with van der Waals surface area (Å²) in [6, 6.07) is 129. The van der Waals surface area contributed by atoms with E-state index in [1.807, 2.05) is 69.3 Å². The molecule has 0 radical (unpaired) electrons. The maximum atomic E-state index is 13.3. The van der Waals surface area contributed by atoms with Gasteiger partial charge in [0.05, 0.1) is 11.4 Å². The number of nitrogens with zero attached hydrogens (tertiary/aromatic N) is 6. The molecule has 0 aromatic heterocycles. The first kappa shape index (κ1) is 96.5. The molecule has 6 aliphatic rings. The van der Waals surface area contributed by atoms with E-state index in [4.69, 9.17) is 4.74 Å². The second-order valence-corrected chi connectivity index (χ2v) is 48.0. The normalized spacial score (nSPS) is 13.2. The summed E-state index contributed by atoms with van der Waals surface area (Å²) in [5, 5.41) is 0. The Morgan fingerprint density at radius 1 is 0.239 bits per heavy atom. The third-order valence-electron chi connectivity index (χ3n) is 27.5. The summed E-state index contributed by atoms with van der Waals surface area (Å²) in [7, 11) is 0. The molecule has 18 aromatic rings. The Kier molecular flexibility index (Phi) is 27.4. The number of aryl methyl sites for hydroxylation is 18. The number of hydrogen-bond donors (Lipinski definition) is 0. The summed E-state index contributed by atoms with van der Waals surface area (Å²) in [6.07, 6.45) is 1.01. The minimum absolute atomic E-state index is 0.363. The van der Waals surface area contributed by atoms with E-state index >= 15 is 0 Å². The molecule has 0 saturated carbocycles. The van der Waals surface area contributed by atoms with E-state index in [-0.39, 0.29) is 0 Å². The molecule has 0 atom stereocenters. The standard InChI is InChI=1S/C22H22BN.C22H21N.C21H19NO2Se.C21H19NOSe.C21H19NO.C21H19NSe/c1-15-9-11-21-18(13-15)23(4)19-14-16(2)10-12-22(19)24(21)20-8-6-5-7-17(20)3;1-15-8-10-21-18(12-15)14-19-13-16(2)9-11-22(19)23(21)20-7-5-4-6-17(20)3;1-14-8-10-18-20(12-14)25(23,24)21-13-15(2)9-11-19(21)22(18)17-7-5-4-6-16(17)3;1-14-8-10-18-20(12-14)24(23)21-13-15(2)9-11-19(21)22(18)17-7-5-4-6-16(17)3;2*1-14-8-10-18-20(12-14)23-21-13-15(2)9-11-19(21)22(18)17-7-5-4-6-16(17)3/h5-14H,1-4H3;4-13H,14H2,1-3H3;4-13H,1-3H3;4-13H,1-3H3;2*4-13H,1-3H3. The van der Waals surface area contributed by atoms with Gasteiger partial charge >= 0.3 is 440 Å². The minimum atomic E-state index is -4.44. The van der Waals surface area contributed by atoms with Gasteiger partial charge in [0.2, 0.25) is 6.71 Å². The first-order valence-electron chi connectivity index (χ1n) is 48.8. The van der Waals surface area contributed by atoms with Gasteiger partial charge < -0.3 is 19.4 Å². The van der Waals surface area contributed by atoms with E-state index in [0.717, 1.165) is 100 Å². The number of para-hydroxylation sites is 6. The molecule has 10 nitrogen and oxygen atoms in total. The van der Waals surface area contributed by atoms with Crippen LogP contribution < -0.4 is 71.8 Å². The monoisotopic (exact) mass is 2050 g/mol. The van der Waals surface area contributed by atoms with Crippen LogP contribution in [0, 0.1) is 125 Å². The van der Waals surface area contributed by atoms with Crippen LogP contribution in [0.15, 0.2) is 364 Å². The molecular weight excluding hydrogens is 1930 g/mol. The zero-order valence-electron chi connectivity index (χ0n) is 84.5. The number of benzene rings is 18. The molecule has 0 amide bonds.